The fraction of sp³-hybridized carbons (Fsp3) is 0.500. The van der Waals surface area contributed by atoms with Crippen LogP contribution in [0.3, 0.4) is 0 Å². The molecule has 1 aromatic rings. The second kappa shape index (κ2) is 5.03. The van der Waals surface area contributed by atoms with Crippen LogP contribution < -0.4 is 11.1 Å². The number of anilines is 2. The van der Waals surface area contributed by atoms with Gasteiger partial charge in [0, 0.05) is 11.4 Å². The Morgan fingerprint density at radius 1 is 1.40 bits per heavy atom. The highest BCUT2D eigenvalue weighted by Crippen LogP contribution is 2.20. The predicted octanol–water partition coefficient (Wildman–Crippen LogP) is 2.01. The number of benzene rings is 1. The van der Waals surface area contributed by atoms with E-state index in [0.29, 0.717) is 5.92 Å². The molecule has 15 heavy (non-hydrogen) atoms. The molecule has 0 radical (unpaired) electrons. The number of aliphatic hydroxyl groups excluding tert-OH is 1. The highest BCUT2D eigenvalue weighted by Gasteiger charge is 2.12. The third-order valence-corrected chi connectivity index (χ3v) is 2.60. The van der Waals surface area contributed by atoms with Gasteiger partial charge in [0.25, 0.3) is 0 Å². The zero-order valence-corrected chi connectivity index (χ0v) is 9.62. The zero-order valence-electron chi connectivity index (χ0n) is 9.62. The van der Waals surface area contributed by atoms with Gasteiger partial charge in [-0.05, 0) is 30.5 Å². The number of nitrogens with one attached hydrogen (secondary N) is 1. The van der Waals surface area contributed by atoms with Crippen molar-refractivity contribution in [2.45, 2.75) is 26.8 Å². The van der Waals surface area contributed by atoms with Crippen LogP contribution in [-0.4, -0.2) is 17.8 Å². The first-order valence-corrected chi connectivity index (χ1v) is 5.28. The molecule has 4 N–H and O–H groups in total. The van der Waals surface area contributed by atoms with Crippen molar-refractivity contribution in [2.24, 2.45) is 5.92 Å². The average Bonchev–Trinajstić information content (AvgIpc) is 2.18. The van der Waals surface area contributed by atoms with Crippen molar-refractivity contribution in [3.05, 3.63) is 23.8 Å². The number of nitrogens with two attached hydrogens (primary N) is 1. The topological polar surface area (TPSA) is 58.3 Å². The Morgan fingerprint density at radius 3 is 2.60 bits per heavy atom. The third-order valence-electron chi connectivity index (χ3n) is 2.60. The van der Waals surface area contributed by atoms with Crippen molar-refractivity contribution in [2.75, 3.05) is 17.7 Å². The van der Waals surface area contributed by atoms with Crippen LogP contribution in [-0.2, 0) is 0 Å². The van der Waals surface area contributed by atoms with E-state index in [9.17, 15) is 5.11 Å². The quantitative estimate of drug-likeness (QED) is 0.663. The van der Waals surface area contributed by atoms with Gasteiger partial charge in [-0.1, -0.05) is 19.9 Å². The molecule has 1 rings (SSSR count). The lowest BCUT2D eigenvalue weighted by atomic mass is 10.0. The van der Waals surface area contributed by atoms with Gasteiger partial charge < -0.3 is 16.2 Å². The van der Waals surface area contributed by atoms with Crippen molar-refractivity contribution in [3.8, 4) is 0 Å². The maximum Gasteiger partial charge on any atom is 0.0635 e. The van der Waals surface area contributed by atoms with Crippen LogP contribution in [0, 0.1) is 12.8 Å². The van der Waals surface area contributed by atoms with Gasteiger partial charge in [0.15, 0.2) is 0 Å². The summed E-state index contributed by atoms with van der Waals surface area (Å²) in [6.07, 6.45) is 0. The lowest BCUT2D eigenvalue weighted by Gasteiger charge is -2.22. The molecular formula is C12H20N2O. The maximum absolute atomic E-state index is 9.22. The monoisotopic (exact) mass is 208 g/mol. The summed E-state index contributed by atoms with van der Waals surface area (Å²) in [5.41, 5.74) is 8.60. The van der Waals surface area contributed by atoms with Crippen LogP contribution in [0.25, 0.3) is 0 Å². The van der Waals surface area contributed by atoms with Crippen molar-refractivity contribution in [1.82, 2.24) is 0 Å². The van der Waals surface area contributed by atoms with Crippen molar-refractivity contribution < 1.29 is 5.11 Å². The third kappa shape index (κ3) is 3.13. The first kappa shape index (κ1) is 11.9. The summed E-state index contributed by atoms with van der Waals surface area (Å²) in [5.74, 6) is 0.385. The number of aryl methyl sites for hydroxylation is 1. The minimum absolute atomic E-state index is 0.0745. The minimum Gasteiger partial charge on any atom is -0.399 e. The standard InChI is InChI=1S/C12H20N2O/c1-8(2)12(7-15)14-11-6-10(13)5-4-9(11)3/h4-6,8,12,14-15H,7,13H2,1-3H3. The molecule has 0 heterocycles. The Hall–Kier alpha value is -1.22. The van der Waals surface area contributed by atoms with Crippen molar-refractivity contribution in [1.29, 1.82) is 0 Å². The molecule has 0 bridgehead atoms. The van der Waals surface area contributed by atoms with Gasteiger partial charge in [-0.3, -0.25) is 0 Å². The fourth-order valence-electron chi connectivity index (χ4n) is 1.42. The number of rotatable bonds is 4. The molecule has 1 unspecified atom stereocenters. The molecule has 1 aromatic carbocycles. The molecule has 0 aromatic heterocycles. The summed E-state index contributed by atoms with van der Waals surface area (Å²) in [6.45, 7) is 6.31. The SMILES string of the molecule is Cc1ccc(N)cc1NC(CO)C(C)C. The van der Waals surface area contributed by atoms with E-state index < -0.39 is 0 Å². The zero-order chi connectivity index (χ0) is 11.4. The molecule has 0 aliphatic carbocycles. The lowest BCUT2D eigenvalue weighted by molar-refractivity contribution is 0.249. The molecule has 0 saturated carbocycles. The average molecular weight is 208 g/mol. The smallest absolute Gasteiger partial charge is 0.0635 e. The molecule has 0 spiro atoms. The van der Waals surface area contributed by atoms with E-state index in [2.05, 4.69) is 19.2 Å². The predicted molar refractivity (Wildman–Crippen MR) is 64.9 cm³/mol. The molecule has 1 atom stereocenters. The van der Waals surface area contributed by atoms with Gasteiger partial charge in [-0.2, -0.15) is 0 Å². The van der Waals surface area contributed by atoms with Crippen molar-refractivity contribution in [3.63, 3.8) is 0 Å². The molecule has 0 fully saturated rings. The highest BCUT2D eigenvalue weighted by atomic mass is 16.3. The summed E-state index contributed by atoms with van der Waals surface area (Å²) in [6, 6.07) is 5.84. The van der Waals surface area contributed by atoms with E-state index in [-0.39, 0.29) is 12.6 Å². The van der Waals surface area contributed by atoms with Gasteiger partial charge in [0.2, 0.25) is 0 Å². The first-order valence-electron chi connectivity index (χ1n) is 5.28. The largest absolute Gasteiger partial charge is 0.399 e. The van der Waals surface area contributed by atoms with Gasteiger partial charge in [0.1, 0.15) is 0 Å². The summed E-state index contributed by atoms with van der Waals surface area (Å²) in [7, 11) is 0. The van der Waals surface area contributed by atoms with Crippen LogP contribution in [0.15, 0.2) is 18.2 Å². The first-order chi connectivity index (χ1) is 7.04. The van der Waals surface area contributed by atoms with E-state index >= 15 is 0 Å². The molecule has 0 aliphatic heterocycles. The van der Waals surface area contributed by atoms with E-state index in [4.69, 9.17) is 5.73 Å². The van der Waals surface area contributed by atoms with Gasteiger partial charge in [0.05, 0.1) is 12.6 Å². The van der Waals surface area contributed by atoms with Crippen LogP contribution in [0.2, 0.25) is 0 Å². The van der Waals surface area contributed by atoms with Crippen LogP contribution >= 0.6 is 0 Å². The summed E-state index contributed by atoms with van der Waals surface area (Å²) in [4.78, 5) is 0. The minimum atomic E-state index is 0.0745. The van der Waals surface area contributed by atoms with Gasteiger partial charge in [-0.15, -0.1) is 0 Å². The summed E-state index contributed by atoms with van der Waals surface area (Å²) < 4.78 is 0. The Labute approximate surface area is 91.3 Å². The Morgan fingerprint density at radius 2 is 2.07 bits per heavy atom. The maximum atomic E-state index is 9.22. The Balaban J connectivity index is 2.82. The lowest BCUT2D eigenvalue weighted by Crippen LogP contribution is -2.29. The second-order valence-corrected chi connectivity index (χ2v) is 4.25. The fourth-order valence-corrected chi connectivity index (χ4v) is 1.42. The van der Waals surface area contributed by atoms with Crippen LogP contribution in [0.4, 0.5) is 11.4 Å². The molecule has 0 amide bonds. The number of nitrogen functional groups attached to an aromatic ring is 1. The van der Waals surface area contributed by atoms with E-state index in [1.807, 2.05) is 25.1 Å². The number of aliphatic hydroxyl groups is 1. The van der Waals surface area contributed by atoms with Gasteiger partial charge in [-0.25, -0.2) is 0 Å². The van der Waals surface area contributed by atoms with E-state index in [1.165, 1.54) is 0 Å². The Bertz CT molecular complexity index is 323. The highest BCUT2D eigenvalue weighted by molar-refractivity contribution is 5.59. The normalized spacial score (nSPS) is 12.9. The van der Waals surface area contributed by atoms with E-state index in [0.717, 1.165) is 16.9 Å². The summed E-state index contributed by atoms with van der Waals surface area (Å²) >= 11 is 0. The molecule has 0 saturated heterocycles. The molecule has 3 heteroatoms. The van der Waals surface area contributed by atoms with Crippen LogP contribution in [0.5, 0.6) is 0 Å². The molecule has 84 valence electrons. The Kier molecular flexibility index (Phi) is 3.97. The second-order valence-electron chi connectivity index (χ2n) is 4.25. The number of hydrogen-bond donors (Lipinski definition) is 3. The number of hydrogen-bond acceptors (Lipinski definition) is 3. The van der Waals surface area contributed by atoms with E-state index in [1.54, 1.807) is 0 Å². The molecule has 3 nitrogen and oxygen atoms in total. The van der Waals surface area contributed by atoms with Crippen LogP contribution in [0.1, 0.15) is 19.4 Å². The molecule has 0 aliphatic rings. The summed E-state index contributed by atoms with van der Waals surface area (Å²) in [5, 5.41) is 12.5. The molecular weight excluding hydrogens is 188 g/mol. The van der Waals surface area contributed by atoms with Gasteiger partial charge >= 0.3 is 0 Å². The van der Waals surface area contributed by atoms with Crippen molar-refractivity contribution >= 4 is 11.4 Å².